The third-order valence-electron chi connectivity index (χ3n) is 2.47. The number of hydrogen-bond donors (Lipinski definition) is 1. The standard InChI is InChI=1S/C12H15BrO4S/c1-8(2)5-6-18(16,17)11-7-9(13)3-4-10(11)12(14)15/h3-4,7-8H,5-6H2,1-2H3,(H,14,15). The van der Waals surface area contributed by atoms with Gasteiger partial charge in [-0.1, -0.05) is 29.8 Å². The molecule has 0 radical (unpaired) electrons. The fourth-order valence-corrected chi connectivity index (χ4v) is 3.74. The van der Waals surface area contributed by atoms with Gasteiger partial charge in [0.05, 0.1) is 16.2 Å². The minimum absolute atomic E-state index is 0.0403. The highest BCUT2D eigenvalue weighted by molar-refractivity contribution is 9.10. The first-order valence-electron chi connectivity index (χ1n) is 5.49. The third kappa shape index (κ3) is 3.81. The van der Waals surface area contributed by atoms with Crippen molar-refractivity contribution in [2.75, 3.05) is 5.75 Å². The summed E-state index contributed by atoms with van der Waals surface area (Å²) in [6, 6.07) is 4.17. The summed E-state index contributed by atoms with van der Waals surface area (Å²) in [5.41, 5.74) is -0.179. The fraction of sp³-hybridized carbons (Fsp3) is 0.417. The molecule has 100 valence electrons. The van der Waals surface area contributed by atoms with E-state index in [0.29, 0.717) is 10.9 Å². The molecular weight excluding hydrogens is 320 g/mol. The third-order valence-corrected chi connectivity index (χ3v) is 4.75. The molecule has 0 heterocycles. The van der Waals surface area contributed by atoms with Crippen molar-refractivity contribution in [1.82, 2.24) is 0 Å². The van der Waals surface area contributed by atoms with Crippen molar-refractivity contribution in [1.29, 1.82) is 0 Å². The second-order valence-electron chi connectivity index (χ2n) is 4.45. The van der Waals surface area contributed by atoms with E-state index in [-0.39, 0.29) is 22.1 Å². The van der Waals surface area contributed by atoms with Gasteiger partial charge in [-0.05, 0) is 30.5 Å². The number of carbonyl (C=O) groups is 1. The molecule has 4 nitrogen and oxygen atoms in total. The largest absolute Gasteiger partial charge is 0.478 e. The highest BCUT2D eigenvalue weighted by atomic mass is 79.9. The Labute approximate surface area is 115 Å². The second kappa shape index (κ2) is 5.84. The normalized spacial score (nSPS) is 11.8. The number of carboxylic acids is 1. The molecule has 0 spiro atoms. The molecule has 0 saturated carbocycles. The number of sulfone groups is 1. The molecule has 1 rings (SSSR count). The number of aromatic carboxylic acids is 1. The van der Waals surface area contributed by atoms with Gasteiger partial charge in [0, 0.05) is 4.47 Å². The molecule has 0 amide bonds. The van der Waals surface area contributed by atoms with Crippen molar-refractivity contribution < 1.29 is 18.3 Å². The maximum atomic E-state index is 12.1. The van der Waals surface area contributed by atoms with Crippen LogP contribution >= 0.6 is 15.9 Å². The molecule has 1 aromatic carbocycles. The Morgan fingerprint density at radius 2 is 2.00 bits per heavy atom. The number of carboxylic acid groups (broad SMARTS) is 1. The summed E-state index contributed by atoms with van der Waals surface area (Å²) in [7, 11) is -3.56. The van der Waals surface area contributed by atoms with Gasteiger partial charge in [0.1, 0.15) is 0 Å². The van der Waals surface area contributed by atoms with Crippen LogP contribution in [0.2, 0.25) is 0 Å². The second-order valence-corrected chi connectivity index (χ2v) is 7.44. The Morgan fingerprint density at radius 3 is 2.50 bits per heavy atom. The van der Waals surface area contributed by atoms with Crippen LogP contribution in [0.1, 0.15) is 30.6 Å². The van der Waals surface area contributed by atoms with Crippen LogP contribution in [-0.2, 0) is 9.84 Å². The van der Waals surface area contributed by atoms with Gasteiger partial charge in [0.15, 0.2) is 9.84 Å². The van der Waals surface area contributed by atoms with E-state index in [2.05, 4.69) is 15.9 Å². The summed E-state index contributed by atoms with van der Waals surface area (Å²) in [4.78, 5) is 10.9. The molecule has 0 aliphatic heterocycles. The van der Waals surface area contributed by atoms with Crippen molar-refractivity contribution in [3.05, 3.63) is 28.2 Å². The van der Waals surface area contributed by atoms with Crippen LogP contribution in [0.15, 0.2) is 27.6 Å². The van der Waals surface area contributed by atoms with Crippen LogP contribution in [-0.4, -0.2) is 25.2 Å². The smallest absolute Gasteiger partial charge is 0.337 e. The van der Waals surface area contributed by atoms with Gasteiger partial charge in [0.2, 0.25) is 0 Å². The van der Waals surface area contributed by atoms with E-state index in [1.165, 1.54) is 18.2 Å². The van der Waals surface area contributed by atoms with E-state index in [4.69, 9.17) is 5.11 Å². The Kier molecular flexibility index (Phi) is 4.92. The molecule has 0 aromatic heterocycles. The maximum Gasteiger partial charge on any atom is 0.337 e. The number of halogens is 1. The lowest BCUT2D eigenvalue weighted by Gasteiger charge is -2.09. The minimum Gasteiger partial charge on any atom is -0.478 e. The summed E-state index contributed by atoms with van der Waals surface area (Å²) in [5, 5.41) is 9.02. The molecule has 6 heteroatoms. The summed E-state index contributed by atoms with van der Waals surface area (Å²) in [5.74, 6) is -1.02. The van der Waals surface area contributed by atoms with Gasteiger partial charge >= 0.3 is 5.97 Å². The molecule has 0 fully saturated rings. The molecule has 0 unspecified atom stereocenters. The van der Waals surface area contributed by atoms with Gasteiger partial charge in [-0.2, -0.15) is 0 Å². The number of benzene rings is 1. The number of hydrogen-bond acceptors (Lipinski definition) is 3. The zero-order chi connectivity index (χ0) is 13.9. The van der Waals surface area contributed by atoms with Crippen molar-refractivity contribution in [2.24, 2.45) is 5.92 Å². The van der Waals surface area contributed by atoms with E-state index in [1.807, 2.05) is 13.8 Å². The van der Waals surface area contributed by atoms with Crippen LogP contribution in [0.5, 0.6) is 0 Å². The fourth-order valence-electron chi connectivity index (χ4n) is 1.43. The Balaban J connectivity index is 3.22. The van der Waals surface area contributed by atoms with Gasteiger partial charge in [0.25, 0.3) is 0 Å². The zero-order valence-electron chi connectivity index (χ0n) is 10.2. The van der Waals surface area contributed by atoms with Crippen LogP contribution in [0.4, 0.5) is 0 Å². The lowest BCUT2D eigenvalue weighted by atomic mass is 10.2. The van der Waals surface area contributed by atoms with Crippen LogP contribution in [0, 0.1) is 5.92 Å². The van der Waals surface area contributed by atoms with E-state index < -0.39 is 15.8 Å². The van der Waals surface area contributed by atoms with Gasteiger partial charge in [-0.25, -0.2) is 13.2 Å². The molecule has 1 aromatic rings. The molecule has 0 atom stereocenters. The van der Waals surface area contributed by atoms with Crippen LogP contribution < -0.4 is 0 Å². The molecule has 18 heavy (non-hydrogen) atoms. The minimum atomic E-state index is -3.56. The van der Waals surface area contributed by atoms with E-state index in [1.54, 1.807) is 0 Å². The van der Waals surface area contributed by atoms with E-state index >= 15 is 0 Å². The van der Waals surface area contributed by atoms with Crippen molar-refractivity contribution in [3.63, 3.8) is 0 Å². The van der Waals surface area contributed by atoms with Gasteiger partial charge < -0.3 is 5.11 Å². The molecular formula is C12H15BrO4S. The first-order valence-corrected chi connectivity index (χ1v) is 7.94. The van der Waals surface area contributed by atoms with Crippen LogP contribution in [0.25, 0.3) is 0 Å². The Hall–Kier alpha value is -0.880. The molecule has 0 aliphatic carbocycles. The molecule has 0 aliphatic rings. The maximum absolute atomic E-state index is 12.1. The summed E-state index contributed by atoms with van der Waals surface area (Å²) in [6.07, 6.45) is 0.508. The summed E-state index contributed by atoms with van der Waals surface area (Å²) >= 11 is 3.16. The van der Waals surface area contributed by atoms with Crippen LogP contribution in [0.3, 0.4) is 0 Å². The monoisotopic (exact) mass is 334 g/mol. The summed E-state index contributed by atoms with van der Waals surface area (Å²) in [6.45, 7) is 3.85. The predicted molar refractivity (Wildman–Crippen MR) is 72.6 cm³/mol. The average Bonchev–Trinajstić information content (AvgIpc) is 2.26. The first-order chi connectivity index (χ1) is 8.24. The van der Waals surface area contributed by atoms with Crippen molar-refractivity contribution >= 4 is 31.7 Å². The molecule has 1 N–H and O–H groups in total. The lowest BCUT2D eigenvalue weighted by molar-refractivity contribution is 0.0692. The van der Waals surface area contributed by atoms with Crippen molar-refractivity contribution in [3.8, 4) is 0 Å². The number of rotatable bonds is 5. The summed E-state index contributed by atoms with van der Waals surface area (Å²) < 4.78 is 24.8. The van der Waals surface area contributed by atoms with E-state index in [0.717, 1.165) is 0 Å². The lowest BCUT2D eigenvalue weighted by Crippen LogP contribution is -2.13. The predicted octanol–water partition coefficient (Wildman–Crippen LogP) is 2.97. The van der Waals surface area contributed by atoms with Gasteiger partial charge in [-0.15, -0.1) is 0 Å². The van der Waals surface area contributed by atoms with Gasteiger partial charge in [-0.3, -0.25) is 0 Å². The highest BCUT2D eigenvalue weighted by Crippen LogP contribution is 2.23. The topological polar surface area (TPSA) is 71.4 Å². The zero-order valence-corrected chi connectivity index (χ0v) is 12.6. The molecule has 0 saturated heterocycles. The quantitative estimate of drug-likeness (QED) is 0.898. The SMILES string of the molecule is CC(C)CCS(=O)(=O)c1cc(Br)ccc1C(=O)O. The Morgan fingerprint density at radius 1 is 1.39 bits per heavy atom. The first kappa shape index (κ1) is 15.2. The highest BCUT2D eigenvalue weighted by Gasteiger charge is 2.22. The van der Waals surface area contributed by atoms with E-state index in [9.17, 15) is 13.2 Å². The molecule has 0 bridgehead atoms. The van der Waals surface area contributed by atoms with Crippen molar-refractivity contribution in [2.45, 2.75) is 25.2 Å². The Bertz CT molecular complexity index is 549. The average molecular weight is 335 g/mol.